The molecule has 3 fully saturated rings. The van der Waals surface area contributed by atoms with E-state index < -0.39 is 0 Å². The Kier molecular flexibility index (Phi) is 3.42. The van der Waals surface area contributed by atoms with E-state index in [9.17, 15) is 0 Å². The molecule has 98 valence electrons. The molecule has 3 rings (SSSR count). The summed E-state index contributed by atoms with van der Waals surface area (Å²) in [5, 5.41) is 0. The van der Waals surface area contributed by atoms with E-state index in [2.05, 4.69) is 0 Å². The van der Waals surface area contributed by atoms with Crippen LogP contribution in [0.2, 0.25) is 0 Å². The molecule has 0 radical (unpaired) electrons. The molecule has 0 amide bonds. The third-order valence-electron chi connectivity index (χ3n) is 5.22. The molecule has 3 aliphatic rings. The number of nitrogens with two attached hydrogens (primary N) is 1. The van der Waals surface area contributed by atoms with E-state index in [4.69, 9.17) is 15.2 Å². The van der Waals surface area contributed by atoms with Gasteiger partial charge in [-0.15, -0.1) is 0 Å². The lowest BCUT2D eigenvalue weighted by Crippen LogP contribution is -2.43. The SMILES string of the molecule is NCC1CCCC1C1CCOC2(CCOC2)C1. The first kappa shape index (κ1) is 11.9. The first-order chi connectivity index (χ1) is 8.33. The first-order valence-corrected chi connectivity index (χ1v) is 7.25. The maximum atomic E-state index is 6.03. The van der Waals surface area contributed by atoms with E-state index in [1.54, 1.807) is 0 Å². The fourth-order valence-electron chi connectivity index (χ4n) is 4.27. The van der Waals surface area contributed by atoms with Crippen molar-refractivity contribution in [2.24, 2.45) is 23.5 Å². The lowest BCUT2D eigenvalue weighted by Gasteiger charge is -2.41. The molecule has 4 unspecified atom stereocenters. The van der Waals surface area contributed by atoms with Gasteiger partial charge in [0.25, 0.3) is 0 Å². The summed E-state index contributed by atoms with van der Waals surface area (Å²) in [6.45, 7) is 3.52. The van der Waals surface area contributed by atoms with Crippen molar-refractivity contribution in [1.29, 1.82) is 0 Å². The van der Waals surface area contributed by atoms with Gasteiger partial charge in [0.2, 0.25) is 0 Å². The predicted molar refractivity (Wildman–Crippen MR) is 66.7 cm³/mol. The molecular weight excluding hydrogens is 214 g/mol. The van der Waals surface area contributed by atoms with Gasteiger partial charge in [-0.25, -0.2) is 0 Å². The van der Waals surface area contributed by atoms with Gasteiger partial charge in [0.15, 0.2) is 0 Å². The molecule has 0 bridgehead atoms. The molecule has 1 saturated carbocycles. The van der Waals surface area contributed by atoms with Crippen LogP contribution in [0.3, 0.4) is 0 Å². The van der Waals surface area contributed by atoms with Gasteiger partial charge < -0.3 is 15.2 Å². The summed E-state index contributed by atoms with van der Waals surface area (Å²) < 4.78 is 11.6. The van der Waals surface area contributed by atoms with Gasteiger partial charge >= 0.3 is 0 Å². The van der Waals surface area contributed by atoms with E-state index >= 15 is 0 Å². The van der Waals surface area contributed by atoms with Crippen LogP contribution in [0.25, 0.3) is 0 Å². The van der Waals surface area contributed by atoms with Crippen LogP contribution in [0.1, 0.15) is 38.5 Å². The van der Waals surface area contributed by atoms with Crippen LogP contribution >= 0.6 is 0 Å². The zero-order valence-electron chi connectivity index (χ0n) is 10.7. The Labute approximate surface area is 104 Å². The molecule has 0 aromatic carbocycles. The van der Waals surface area contributed by atoms with Crippen molar-refractivity contribution >= 4 is 0 Å². The molecule has 2 heterocycles. The highest BCUT2D eigenvalue weighted by Gasteiger charge is 2.44. The molecule has 2 N–H and O–H groups in total. The van der Waals surface area contributed by atoms with Gasteiger partial charge in [-0.05, 0) is 50.0 Å². The summed E-state index contributed by atoms with van der Waals surface area (Å²) in [5.74, 6) is 2.47. The summed E-state index contributed by atoms with van der Waals surface area (Å²) in [4.78, 5) is 0. The number of hydrogen-bond donors (Lipinski definition) is 1. The Balaban J connectivity index is 1.67. The molecule has 17 heavy (non-hydrogen) atoms. The minimum atomic E-state index is 0.0741. The number of ether oxygens (including phenoxy) is 2. The maximum Gasteiger partial charge on any atom is 0.0939 e. The molecule has 4 atom stereocenters. The molecule has 2 saturated heterocycles. The van der Waals surface area contributed by atoms with E-state index in [1.807, 2.05) is 0 Å². The van der Waals surface area contributed by atoms with Gasteiger partial charge in [0.1, 0.15) is 0 Å². The Morgan fingerprint density at radius 2 is 2.12 bits per heavy atom. The second-order valence-electron chi connectivity index (χ2n) is 6.18. The fourth-order valence-corrected chi connectivity index (χ4v) is 4.27. The van der Waals surface area contributed by atoms with Crippen molar-refractivity contribution < 1.29 is 9.47 Å². The second-order valence-corrected chi connectivity index (χ2v) is 6.18. The molecule has 0 aromatic heterocycles. The lowest BCUT2D eigenvalue weighted by atomic mass is 9.74. The van der Waals surface area contributed by atoms with Crippen molar-refractivity contribution in [1.82, 2.24) is 0 Å². The van der Waals surface area contributed by atoms with Gasteiger partial charge in [0.05, 0.1) is 12.2 Å². The van der Waals surface area contributed by atoms with Crippen LogP contribution in [0, 0.1) is 17.8 Å². The van der Waals surface area contributed by atoms with Gasteiger partial charge in [-0.2, -0.15) is 0 Å². The summed E-state index contributed by atoms with van der Waals surface area (Å²) in [6.07, 6.45) is 7.68. The summed E-state index contributed by atoms with van der Waals surface area (Å²) >= 11 is 0. The predicted octanol–water partition coefficient (Wildman–Crippen LogP) is 1.95. The topological polar surface area (TPSA) is 44.5 Å². The smallest absolute Gasteiger partial charge is 0.0939 e. The van der Waals surface area contributed by atoms with E-state index in [0.29, 0.717) is 0 Å². The fraction of sp³-hybridized carbons (Fsp3) is 1.00. The van der Waals surface area contributed by atoms with Crippen molar-refractivity contribution in [3.63, 3.8) is 0 Å². The van der Waals surface area contributed by atoms with Gasteiger partial charge in [-0.1, -0.05) is 6.42 Å². The highest BCUT2D eigenvalue weighted by Crippen LogP contribution is 2.45. The van der Waals surface area contributed by atoms with Crippen molar-refractivity contribution in [3.8, 4) is 0 Å². The minimum Gasteiger partial charge on any atom is -0.378 e. The highest BCUT2D eigenvalue weighted by atomic mass is 16.6. The Morgan fingerprint density at radius 3 is 2.88 bits per heavy atom. The average Bonchev–Trinajstić information content (AvgIpc) is 2.98. The molecule has 2 aliphatic heterocycles. The van der Waals surface area contributed by atoms with Crippen LogP contribution in [-0.2, 0) is 9.47 Å². The first-order valence-electron chi connectivity index (χ1n) is 7.25. The van der Waals surface area contributed by atoms with E-state index in [1.165, 1.54) is 32.1 Å². The summed E-state index contributed by atoms with van der Waals surface area (Å²) in [6, 6.07) is 0. The molecular formula is C14H25NO2. The maximum absolute atomic E-state index is 6.03. The van der Waals surface area contributed by atoms with Crippen molar-refractivity contribution in [2.45, 2.75) is 44.1 Å². The molecule has 1 spiro atoms. The Hall–Kier alpha value is -0.120. The van der Waals surface area contributed by atoms with E-state index in [0.717, 1.165) is 50.5 Å². The van der Waals surface area contributed by atoms with Crippen LogP contribution < -0.4 is 5.73 Å². The second kappa shape index (κ2) is 4.87. The molecule has 3 heteroatoms. The normalized spacial score (nSPS) is 46.8. The van der Waals surface area contributed by atoms with Crippen LogP contribution in [0.15, 0.2) is 0 Å². The Morgan fingerprint density at radius 1 is 1.18 bits per heavy atom. The number of rotatable bonds is 2. The number of hydrogen-bond acceptors (Lipinski definition) is 3. The summed E-state index contributed by atoms with van der Waals surface area (Å²) in [7, 11) is 0. The van der Waals surface area contributed by atoms with Crippen molar-refractivity contribution in [2.75, 3.05) is 26.4 Å². The third-order valence-corrected chi connectivity index (χ3v) is 5.22. The van der Waals surface area contributed by atoms with Crippen LogP contribution in [-0.4, -0.2) is 32.0 Å². The zero-order chi connectivity index (χ0) is 11.7. The molecule has 0 aromatic rings. The van der Waals surface area contributed by atoms with Gasteiger partial charge in [0, 0.05) is 19.6 Å². The van der Waals surface area contributed by atoms with Crippen LogP contribution in [0.4, 0.5) is 0 Å². The highest BCUT2D eigenvalue weighted by molar-refractivity contribution is 4.94. The van der Waals surface area contributed by atoms with Crippen LogP contribution in [0.5, 0.6) is 0 Å². The quantitative estimate of drug-likeness (QED) is 0.801. The van der Waals surface area contributed by atoms with Gasteiger partial charge in [-0.3, -0.25) is 0 Å². The van der Waals surface area contributed by atoms with Crippen molar-refractivity contribution in [3.05, 3.63) is 0 Å². The monoisotopic (exact) mass is 239 g/mol. The third kappa shape index (κ3) is 2.25. The standard InChI is InChI=1S/C14H25NO2/c15-9-12-2-1-3-13(12)11-4-6-17-14(8-11)5-7-16-10-14/h11-13H,1-10,15H2. The van der Waals surface area contributed by atoms with E-state index in [-0.39, 0.29) is 5.60 Å². The zero-order valence-corrected chi connectivity index (χ0v) is 10.7. The minimum absolute atomic E-state index is 0.0741. The molecule has 3 nitrogen and oxygen atoms in total. The average molecular weight is 239 g/mol. The Bertz CT molecular complexity index is 263. The lowest BCUT2D eigenvalue weighted by molar-refractivity contribution is -0.108. The largest absolute Gasteiger partial charge is 0.378 e. The molecule has 1 aliphatic carbocycles. The summed E-state index contributed by atoms with van der Waals surface area (Å²) in [5.41, 5.74) is 5.99.